The number of nitro benzene ring substituents is 1. The lowest BCUT2D eigenvalue weighted by molar-refractivity contribution is -0.384. The van der Waals surface area contributed by atoms with E-state index in [0.29, 0.717) is 17.5 Å². The zero-order chi connectivity index (χ0) is 18.0. The molecule has 0 aliphatic carbocycles. The second kappa shape index (κ2) is 6.82. The van der Waals surface area contributed by atoms with Crippen molar-refractivity contribution in [2.75, 3.05) is 0 Å². The van der Waals surface area contributed by atoms with Crippen LogP contribution in [0.5, 0.6) is 0 Å². The summed E-state index contributed by atoms with van der Waals surface area (Å²) >= 11 is 0. The molecule has 0 saturated heterocycles. The Morgan fingerprint density at radius 3 is 2.54 bits per heavy atom. The molecular formula is C17H22N4O3. The van der Waals surface area contributed by atoms with Crippen LogP contribution >= 0.6 is 0 Å². The first kappa shape index (κ1) is 17.7. The van der Waals surface area contributed by atoms with Gasteiger partial charge in [0.2, 0.25) is 0 Å². The van der Waals surface area contributed by atoms with Gasteiger partial charge in [-0.25, -0.2) is 0 Å². The number of rotatable bonds is 5. The van der Waals surface area contributed by atoms with Gasteiger partial charge in [0.25, 0.3) is 11.6 Å². The molecule has 1 aromatic heterocycles. The Morgan fingerprint density at radius 1 is 1.33 bits per heavy atom. The van der Waals surface area contributed by atoms with Crippen molar-refractivity contribution in [2.45, 2.75) is 40.2 Å². The minimum absolute atomic E-state index is 0.0771. The molecule has 1 aromatic carbocycles. The highest BCUT2D eigenvalue weighted by molar-refractivity contribution is 5.95. The molecule has 7 nitrogen and oxygen atoms in total. The van der Waals surface area contributed by atoms with Gasteiger partial charge in [0, 0.05) is 36.5 Å². The van der Waals surface area contributed by atoms with Crippen LogP contribution in [-0.4, -0.2) is 26.7 Å². The summed E-state index contributed by atoms with van der Waals surface area (Å²) in [7, 11) is 1.89. The fourth-order valence-corrected chi connectivity index (χ4v) is 2.78. The van der Waals surface area contributed by atoms with E-state index >= 15 is 0 Å². The van der Waals surface area contributed by atoms with Crippen molar-refractivity contribution >= 4 is 11.6 Å². The van der Waals surface area contributed by atoms with Crippen LogP contribution < -0.4 is 5.32 Å². The Kier molecular flexibility index (Phi) is 5.02. The van der Waals surface area contributed by atoms with Gasteiger partial charge in [0.1, 0.15) is 0 Å². The number of carbonyl (C=O) groups excluding carboxylic acids is 1. The van der Waals surface area contributed by atoms with Crippen molar-refractivity contribution in [2.24, 2.45) is 7.05 Å². The summed E-state index contributed by atoms with van der Waals surface area (Å²) in [4.78, 5) is 22.8. The Hall–Kier alpha value is -2.70. The SMILES string of the molecule is Cc1cc(C(=O)NC(C)Cc2c(C)nn(C)c2C)cc([N+](=O)[O-])c1. The molecular weight excluding hydrogens is 308 g/mol. The highest BCUT2D eigenvalue weighted by atomic mass is 16.6. The number of nitro groups is 1. The van der Waals surface area contributed by atoms with Crippen LogP contribution in [0.2, 0.25) is 0 Å². The molecule has 0 fully saturated rings. The highest BCUT2D eigenvalue weighted by Crippen LogP contribution is 2.18. The second-order valence-corrected chi connectivity index (χ2v) is 6.17. The van der Waals surface area contributed by atoms with Gasteiger partial charge >= 0.3 is 0 Å². The number of benzene rings is 1. The molecule has 1 N–H and O–H groups in total. The van der Waals surface area contributed by atoms with Crippen molar-refractivity contribution < 1.29 is 9.72 Å². The molecule has 0 saturated carbocycles. The van der Waals surface area contributed by atoms with Gasteiger partial charge in [-0.2, -0.15) is 5.10 Å². The summed E-state index contributed by atoms with van der Waals surface area (Å²) in [5.74, 6) is -0.312. The molecule has 0 radical (unpaired) electrons. The maximum atomic E-state index is 12.4. The molecule has 0 aliphatic rings. The smallest absolute Gasteiger partial charge is 0.270 e. The third kappa shape index (κ3) is 3.79. The van der Waals surface area contributed by atoms with Gasteiger partial charge in [-0.1, -0.05) is 0 Å². The summed E-state index contributed by atoms with van der Waals surface area (Å²) < 4.78 is 1.82. The molecule has 0 spiro atoms. The van der Waals surface area contributed by atoms with Crippen molar-refractivity contribution in [3.05, 3.63) is 56.4 Å². The van der Waals surface area contributed by atoms with Gasteiger partial charge in [-0.3, -0.25) is 19.6 Å². The lowest BCUT2D eigenvalue weighted by Crippen LogP contribution is -2.34. The summed E-state index contributed by atoms with van der Waals surface area (Å²) in [5, 5.41) is 18.2. The van der Waals surface area contributed by atoms with Crippen LogP contribution in [0.15, 0.2) is 18.2 Å². The Morgan fingerprint density at radius 2 is 2.00 bits per heavy atom. The molecule has 0 bridgehead atoms. The summed E-state index contributed by atoms with van der Waals surface area (Å²) in [6.45, 7) is 7.58. The normalized spacial score (nSPS) is 12.0. The van der Waals surface area contributed by atoms with Gasteiger partial charge < -0.3 is 5.32 Å². The summed E-state index contributed by atoms with van der Waals surface area (Å²) in [6, 6.07) is 4.28. The maximum Gasteiger partial charge on any atom is 0.270 e. The zero-order valence-corrected chi connectivity index (χ0v) is 14.6. The van der Waals surface area contributed by atoms with Crippen molar-refractivity contribution in [3.8, 4) is 0 Å². The predicted octanol–water partition coefficient (Wildman–Crippen LogP) is 2.61. The number of carbonyl (C=O) groups is 1. The highest BCUT2D eigenvalue weighted by Gasteiger charge is 2.17. The maximum absolute atomic E-state index is 12.4. The number of amides is 1. The molecule has 24 heavy (non-hydrogen) atoms. The van der Waals surface area contributed by atoms with Gasteiger partial charge in [-0.15, -0.1) is 0 Å². The molecule has 7 heteroatoms. The Balaban J connectivity index is 2.13. The van der Waals surface area contributed by atoms with Gasteiger partial charge in [0.15, 0.2) is 0 Å². The van der Waals surface area contributed by atoms with Crippen LogP contribution in [0, 0.1) is 30.9 Å². The number of nitrogens with zero attached hydrogens (tertiary/aromatic N) is 3. The summed E-state index contributed by atoms with van der Waals surface area (Å²) in [6.07, 6.45) is 0.658. The number of nitrogens with one attached hydrogen (secondary N) is 1. The van der Waals surface area contributed by atoms with Crippen molar-refractivity contribution in [3.63, 3.8) is 0 Å². The van der Waals surface area contributed by atoms with Crippen molar-refractivity contribution in [1.29, 1.82) is 0 Å². The van der Waals surface area contributed by atoms with E-state index in [1.807, 2.05) is 32.5 Å². The molecule has 1 heterocycles. The van der Waals surface area contributed by atoms with Crippen molar-refractivity contribution in [1.82, 2.24) is 15.1 Å². The zero-order valence-electron chi connectivity index (χ0n) is 14.6. The standard InChI is InChI=1S/C17H22N4O3/c1-10-6-14(9-15(7-10)21(23)24)17(22)18-11(2)8-16-12(3)19-20(5)13(16)4/h6-7,9,11H,8H2,1-5H3,(H,18,22). The lowest BCUT2D eigenvalue weighted by Gasteiger charge is -2.14. The largest absolute Gasteiger partial charge is 0.349 e. The molecule has 2 rings (SSSR count). The first-order valence-electron chi connectivity index (χ1n) is 7.75. The Labute approximate surface area is 140 Å². The average Bonchev–Trinajstić information content (AvgIpc) is 2.73. The quantitative estimate of drug-likeness (QED) is 0.674. The number of hydrogen-bond donors (Lipinski definition) is 1. The number of aromatic nitrogens is 2. The monoisotopic (exact) mass is 330 g/mol. The van der Waals surface area contributed by atoms with Crippen LogP contribution in [0.4, 0.5) is 5.69 Å². The van der Waals surface area contributed by atoms with E-state index in [-0.39, 0.29) is 17.6 Å². The van der Waals surface area contributed by atoms with E-state index in [1.165, 1.54) is 12.1 Å². The van der Waals surface area contributed by atoms with Crippen LogP contribution in [0.25, 0.3) is 0 Å². The lowest BCUT2D eigenvalue weighted by atomic mass is 10.0. The predicted molar refractivity (Wildman–Crippen MR) is 91.1 cm³/mol. The molecule has 1 atom stereocenters. The third-order valence-electron chi connectivity index (χ3n) is 4.08. The minimum Gasteiger partial charge on any atom is -0.349 e. The van der Waals surface area contributed by atoms with E-state index < -0.39 is 4.92 Å². The average molecular weight is 330 g/mol. The van der Waals surface area contributed by atoms with Crippen LogP contribution in [0.3, 0.4) is 0 Å². The third-order valence-corrected chi connectivity index (χ3v) is 4.08. The van der Waals surface area contributed by atoms with Crippen LogP contribution in [-0.2, 0) is 13.5 Å². The topological polar surface area (TPSA) is 90.1 Å². The fourth-order valence-electron chi connectivity index (χ4n) is 2.78. The van der Waals surface area contributed by atoms with Gasteiger partial charge in [0.05, 0.1) is 10.6 Å². The number of non-ortho nitro benzene ring substituents is 1. The van der Waals surface area contributed by atoms with Gasteiger partial charge in [-0.05, 0) is 51.3 Å². The fraction of sp³-hybridized carbons (Fsp3) is 0.412. The first-order valence-corrected chi connectivity index (χ1v) is 7.75. The number of hydrogen-bond acceptors (Lipinski definition) is 4. The molecule has 1 amide bonds. The first-order chi connectivity index (χ1) is 11.2. The van der Waals surface area contributed by atoms with E-state index in [2.05, 4.69) is 10.4 Å². The molecule has 0 aliphatic heterocycles. The van der Waals surface area contributed by atoms with E-state index in [1.54, 1.807) is 13.0 Å². The summed E-state index contributed by atoms with van der Waals surface area (Å²) in [5.41, 5.74) is 4.03. The molecule has 1 unspecified atom stereocenters. The van der Waals surface area contributed by atoms with Crippen LogP contribution in [0.1, 0.15) is 39.8 Å². The second-order valence-electron chi connectivity index (χ2n) is 6.17. The molecule has 2 aromatic rings. The van der Waals surface area contributed by atoms with E-state index in [0.717, 1.165) is 17.0 Å². The number of aryl methyl sites for hydroxylation is 3. The minimum atomic E-state index is -0.491. The molecule has 128 valence electrons. The van der Waals surface area contributed by atoms with E-state index in [9.17, 15) is 14.9 Å². The Bertz CT molecular complexity index is 795. The van der Waals surface area contributed by atoms with E-state index in [4.69, 9.17) is 0 Å².